The van der Waals surface area contributed by atoms with Crippen molar-refractivity contribution in [2.24, 2.45) is 9.98 Å². The SMILES string of the molecule is CC(=Nc1c(Cl)cccc1C(C)(C)C)c1cccc(C(C)=Nc2c(Cl)cccc2C(C)(C)C)n1.[Cl-].[Cl-].[Fe+2]. The van der Waals surface area contributed by atoms with E-state index in [0.29, 0.717) is 10.0 Å². The van der Waals surface area contributed by atoms with Gasteiger partial charge >= 0.3 is 17.1 Å². The molecule has 1 heterocycles. The van der Waals surface area contributed by atoms with Crippen molar-refractivity contribution >= 4 is 46.0 Å². The summed E-state index contributed by atoms with van der Waals surface area (Å²) in [5, 5.41) is 1.27. The van der Waals surface area contributed by atoms with Crippen molar-refractivity contribution in [3.05, 3.63) is 87.2 Å². The Balaban J connectivity index is 0.00000432. The predicted octanol–water partition coefficient (Wildman–Crippen LogP) is 3.27. The minimum Gasteiger partial charge on any atom is -1.00 e. The summed E-state index contributed by atoms with van der Waals surface area (Å²) in [5.41, 5.74) is 6.76. The van der Waals surface area contributed by atoms with Crippen LogP contribution in [0, 0.1) is 0 Å². The molecule has 0 aliphatic carbocycles. The van der Waals surface area contributed by atoms with Crippen LogP contribution in [0.5, 0.6) is 0 Å². The molecule has 8 heteroatoms. The van der Waals surface area contributed by atoms with Crippen molar-refractivity contribution in [1.82, 2.24) is 4.98 Å². The summed E-state index contributed by atoms with van der Waals surface area (Å²) in [6, 6.07) is 17.7. The van der Waals surface area contributed by atoms with E-state index in [9.17, 15) is 0 Å². The van der Waals surface area contributed by atoms with E-state index < -0.39 is 0 Å². The maximum atomic E-state index is 6.55. The van der Waals surface area contributed by atoms with Gasteiger partial charge in [0.2, 0.25) is 0 Å². The number of nitrogens with zero attached hydrogens (tertiary/aromatic N) is 3. The molecule has 0 N–H and O–H groups in total. The quantitative estimate of drug-likeness (QED) is 0.326. The average molecular weight is 621 g/mol. The van der Waals surface area contributed by atoms with Gasteiger partial charge in [0.25, 0.3) is 0 Å². The van der Waals surface area contributed by atoms with Crippen molar-refractivity contribution in [3.8, 4) is 0 Å². The van der Waals surface area contributed by atoms with Crippen molar-refractivity contribution in [2.75, 3.05) is 0 Å². The molecule has 0 unspecified atom stereocenters. The van der Waals surface area contributed by atoms with Crippen LogP contribution in [0.15, 0.2) is 64.6 Å². The number of hydrogen-bond acceptors (Lipinski definition) is 3. The van der Waals surface area contributed by atoms with Crippen LogP contribution in [0.1, 0.15) is 77.9 Å². The summed E-state index contributed by atoms with van der Waals surface area (Å²) < 4.78 is 0. The van der Waals surface area contributed by atoms with Gasteiger partial charge in [0, 0.05) is 0 Å². The smallest absolute Gasteiger partial charge is 1.00 e. The first-order chi connectivity index (χ1) is 15.8. The molecular formula is C29H33Cl4FeN3. The van der Waals surface area contributed by atoms with Crippen LogP contribution in [-0.2, 0) is 27.9 Å². The third-order valence-corrected chi connectivity index (χ3v) is 6.25. The van der Waals surface area contributed by atoms with E-state index in [0.717, 1.165) is 45.3 Å². The van der Waals surface area contributed by atoms with E-state index >= 15 is 0 Å². The van der Waals surface area contributed by atoms with Gasteiger partial charge in [-0.25, -0.2) is 15.0 Å². The van der Waals surface area contributed by atoms with E-state index in [-0.39, 0.29) is 52.7 Å². The number of aromatic nitrogens is 1. The molecule has 3 nitrogen and oxygen atoms in total. The number of benzene rings is 2. The average Bonchev–Trinajstić information content (AvgIpc) is 2.75. The first kappa shape index (κ1) is 35.6. The zero-order valence-electron chi connectivity index (χ0n) is 22.4. The van der Waals surface area contributed by atoms with Gasteiger partial charge in [-0.3, -0.25) is 0 Å². The Hall–Kier alpha value is -1.39. The molecule has 0 aliphatic rings. The van der Waals surface area contributed by atoms with Crippen LogP contribution in [0.4, 0.5) is 11.4 Å². The Kier molecular flexibility index (Phi) is 13.6. The largest absolute Gasteiger partial charge is 2.00 e. The van der Waals surface area contributed by atoms with Crippen molar-refractivity contribution < 1.29 is 41.9 Å². The van der Waals surface area contributed by atoms with E-state index in [1.54, 1.807) is 0 Å². The molecule has 0 saturated heterocycles. The Morgan fingerprint density at radius 3 is 1.27 bits per heavy atom. The molecule has 3 rings (SSSR count). The maximum absolute atomic E-state index is 6.55. The summed E-state index contributed by atoms with van der Waals surface area (Å²) in [5.74, 6) is 0. The second-order valence-corrected chi connectivity index (χ2v) is 11.4. The van der Waals surface area contributed by atoms with E-state index in [1.807, 2.05) is 56.3 Å². The molecule has 1 aromatic heterocycles. The minimum absolute atomic E-state index is 0. The molecule has 2 aromatic carbocycles. The van der Waals surface area contributed by atoms with Gasteiger partial charge in [-0.1, -0.05) is 95.1 Å². The van der Waals surface area contributed by atoms with Crippen molar-refractivity contribution in [2.45, 2.75) is 66.2 Å². The number of para-hydroxylation sites is 2. The van der Waals surface area contributed by atoms with Gasteiger partial charge in [0.15, 0.2) is 0 Å². The molecule has 37 heavy (non-hydrogen) atoms. The summed E-state index contributed by atoms with van der Waals surface area (Å²) in [6.45, 7) is 16.9. The molecule has 0 saturated carbocycles. The van der Waals surface area contributed by atoms with Crippen LogP contribution >= 0.6 is 23.2 Å². The molecule has 200 valence electrons. The van der Waals surface area contributed by atoms with Crippen LogP contribution in [-0.4, -0.2) is 16.4 Å². The van der Waals surface area contributed by atoms with Gasteiger partial charge in [0.1, 0.15) is 0 Å². The third kappa shape index (κ3) is 8.82. The summed E-state index contributed by atoms with van der Waals surface area (Å²) >= 11 is 13.1. The molecule has 3 aromatic rings. The number of pyridine rings is 1. The molecule has 0 radical (unpaired) electrons. The van der Waals surface area contributed by atoms with Crippen LogP contribution < -0.4 is 24.8 Å². The van der Waals surface area contributed by atoms with Gasteiger partial charge in [0.05, 0.1) is 44.2 Å². The molecule has 0 aliphatic heterocycles. The maximum Gasteiger partial charge on any atom is 2.00 e. The fourth-order valence-electron chi connectivity index (χ4n) is 3.76. The second kappa shape index (κ2) is 14.1. The fourth-order valence-corrected chi connectivity index (χ4v) is 4.19. The van der Waals surface area contributed by atoms with Crippen LogP contribution in [0.3, 0.4) is 0 Å². The molecule has 0 fully saturated rings. The first-order valence-corrected chi connectivity index (χ1v) is 12.2. The van der Waals surface area contributed by atoms with Gasteiger partial charge in [-0.15, -0.1) is 0 Å². The summed E-state index contributed by atoms with van der Waals surface area (Å²) in [4.78, 5) is 14.7. The Bertz CT molecular complexity index is 1180. The van der Waals surface area contributed by atoms with Gasteiger partial charge in [-0.2, -0.15) is 0 Å². The Labute approximate surface area is 254 Å². The van der Waals surface area contributed by atoms with Gasteiger partial charge < -0.3 is 24.8 Å². The number of aliphatic imine (C=N–C) groups is 2. The molecule has 0 bridgehead atoms. The summed E-state index contributed by atoms with van der Waals surface area (Å²) in [6.07, 6.45) is 0. The second-order valence-electron chi connectivity index (χ2n) is 10.6. The topological polar surface area (TPSA) is 37.6 Å². The third-order valence-electron chi connectivity index (χ3n) is 5.64. The van der Waals surface area contributed by atoms with Gasteiger partial charge in [-0.05, 0) is 60.1 Å². The Morgan fingerprint density at radius 1 is 0.622 bits per heavy atom. The molecule has 0 atom stereocenters. The van der Waals surface area contributed by atoms with Crippen LogP contribution in [0.25, 0.3) is 0 Å². The monoisotopic (exact) mass is 619 g/mol. The standard InChI is InChI=1S/C29H33Cl2N3.2ClH.Fe/c1-18(32-26-20(28(3,4)5)12-9-14-22(26)30)24-16-11-17-25(34-24)19(2)33-27-21(29(6,7)8)13-10-15-23(27)31;;;/h9-17H,1-8H3;2*1H;/q;;;+2/p-2. The van der Waals surface area contributed by atoms with E-state index in [4.69, 9.17) is 38.2 Å². The van der Waals surface area contributed by atoms with Crippen molar-refractivity contribution in [1.29, 1.82) is 0 Å². The molecular weight excluding hydrogens is 588 g/mol. The molecule has 0 spiro atoms. The zero-order valence-corrected chi connectivity index (χ0v) is 26.5. The van der Waals surface area contributed by atoms with E-state index in [1.165, 1.54) is 0 Å². The van der Waals surface area contributed by atoms with Crippen LogP contribution in [0.2, 0.25) is 10.0 Å². The fraction of sp³-hybridized carbons (Fsp3) is 0.345. The van der Waals surface area contributed by atoms with Crippen molar-refractivity contribution in [3.63, 3.8) is 0 Å². The number of rotatable bonds is 4. The zero-order chi connectivity index (χ0) is 25.3. The Morgan fingerprint density at radius 2 is 0.946 bits per heavy atom. The van der Waals surface area contributed by atoms with E-state index in [2.05, 4.69) is 53.7 Å². The number of halogens is 4. The normalized spacial score (nSPS) is 12.3. The summed E-state index contributed by atoms with van der Waals surface area (Å²) in [7, 11) is 0. The first-order valence-electron chi connectivity index (χ1n) is 11.5. The number of hydrogen-bond donors (Lipinski definition) is 0. The minimum atomic E-state index is -0.0811. The predicted molar refractivity (Wildman–Crippen MR) is 148 cm³/mol. The molecule has 0 amide bonds.